The van der Waals surface area contributed by atoms with Crippen LogP contribution in [0.3, 0.4) is 0 Å². The van der Waals surface area contributed by atoms with Gasteiger partial charge in [0, 0.05) is 18.5 Å². The highest BCUT2D eigenvalue weighted by molar-refractivity contribution is 7.89. The van der Waals surface area contributed by atoms with Gasteiger partial charge in [0.1, 0.15) is 12.1 Å². The topological polar surface area (TPSA) is 92.3 Å². The van der Waals surface area contributed by atoms with Crippen LogP contribution in [0.2, 0.25) is 0 Å². The summed E-state index contributed by atoms with van der Waals surface area (Å²) in [6.07, 6.45) is 4.88. The lowest BCUT2D eigenvalue weighted by molar-refractivity contribution is -0.137. The molecule has 0 radical (unpaired) electrons. The molecule has 1 aromatic heterocycles. The number of carbonyl (C=O) groups is 1. The van der Waals surface area contributed by atoms with Gasteiger partial charge in [-0.3, -0.25) is 4.79 Å². The normalized spacial score (nSPS) is 29.2. The van der Waals surface area contributed by atoms with Gasteiger partial charge < -0.3 is 5.32 Å². The fraction of sp³-hybridized carbons (Fsp3) is 0.577. The van der Waals surface area contributed by atoms with E-state index in [0.29, 0.717) is 29.9 Å². The molecule has 1 aromatic carbocycles. The first kappa shape index (κ1) is 24.8. The van der Waals surface area contributed by atoms with Gasteiger partial charge in [-0.15, -0.1) is 0 Å². The van der Waals surface area contributed by atoms with E-state index in [1.807, 2.05) is 0 Å². The van der Waals surface area contributed by atoms with Gasteiger partial charge in [0.05, 0.1) is 22.7 Å². The van der Waals surface area contributed by atoms with Crippen LogP contribution < -0.4 is 5.32 Å². The third-order valence-electron chi connectivity index (χ3n) is 8.75. The zero-order valence-corrected chi connectivity index (χ0v) is 21.1. The number of hydrogen-bond donors (Lipinski definition) is 1. The average molecular weight is 535 g/mol. The second-order valence-electron chi connectivity index (χ2n) is 11.4. The second-order valence-corrected chi connectivity index (χ2v) is 13.3. The molecule has 4 saturated carbocycles. The Labute approximate surface area is 213 Å². The minimum absolute atomic E-state index is 0.0426. The van der Waals surface area contributed by atoms with Crippen molar-refractivity contribution in [3.8, 4) is 0 Å². The summed E-state index contributed by atoms with van der Waals surface area (Å²) in [5.41, 5.74) is 0.387. The number of halogens is 3. The van der Waals surface area contributed by atoms with Crippen molar-refractivity contribution in [2.24, 2.45) is 23.2 Å². The molecule has 7 rings (SSSR count). The lowest BCUT2D eigenvalue weighted by Gasteiger charge is -2.56. The van der Waals surface area contributed by atoms with E-state index in [-0.39, 0.29) is 29.3 Å². The number of sulfonamides is 1. The Balaban J connectivity index is 1.15. The molecule has 11 heteroatoms. The van der Waals surface area contributed by atoms with Crippen molar-refractivity contribution in [1.82, 2.24) is 14.3 Å². The van der Waals surface area contributed by atoms with Crippen LogP contribution in [-0.2, 0) is 34.0 Å². The first-order chi connectivity index (χ1) is 17.5. The Hall–Kier alpha value is -2.53. The summed E-state index contributed by atoms with van der Waals surface area (Å²) in [6.45, 7) is 0.0701. The summed E-state index contributed by atoms with van der Waals surface area (Å²) >= 11 is 0. The van der Waals surface area contributed by atoms with Crippen LogP contribution in [0.1, 0.15) is 61.8 Å². The number of hydrogen-bond acceptors (Lipinski definition) is 5. The van der Waals surface area contributed by atoms with Crippen molar-refractivity contribution in [2.45, 2.75) is 69.0 Å². The smallest absolute Gasteiger partial charge is 0.310 e. The molecule has 7 nitrogen and oxygen atoms in total. The molecule has 0 saturated heterocycles. The molecule has 1 N–H and O–H groups in total. The lowest BCUT2D eigenvalue weighted by Crippen LogP contribution is -2.47. The highest BCUT2D eigenvalue weighted by Crippen LogP contribution is 2.61. The molecular formula is C26H29F3N4O3S. The molecule has 2 aromatic rings. The summed E-state index contributed by atoms with van der Waals surface area (Å²) in [4.78, 5) is 21.5. The number of anilines is 1. The molecule has 4 bridgehead atoms. The van der Waals surface area contributed by atoms with E-state index in [1.165, 1.54) is 29.9 Å². The zero-order chi connectivity index (χ0) is 26.0. The van der Waals surface area contributed by atoms with Crippen molar-refractivity contribution in [3.05, 3.63) is 47.4 Å². The summed E-state index contributed by atoms with van der Waals surface area (Å²) in [5.74, 6) is 2.63. The van der Waals surface area contributed by atoms with Gasteiger partial charge in [0.2, 0.25) is 15.9 Å². The molecular weight excluding hydrogens is 505 g/mol. The highest BCUT2D eigenvalue weighted by Gasteiger charge is 2.51. The monoisotopic (exact) mass is 534 g/mol. The van der Waals surface area contributed by atoms with Gasteiger partial charge >= 0.3 is 6.18 Å². The van der Waals surface area contributed by atoms with Gasteiger partial charge in [-0.2, -0.15) is 17.5 Å². The van der Waals surface area contributed by atoms with Gasteiger partial charge in [0.15, 0.2) is 0 Å². The van der Waals surface area contributed by atoms with E-state index in [2.05, 4.69) is 15.3 Å². The Morgan fingerprint density at radius 2 is 1.65 bits per heavy atom. The maximum Gasteiger partial charge on any atom is 0.416 e. The molecule has 0 spiro atoms. The van der Waals surface area contributed by atoms with Crippen molar-refractivity contribution >= 4 is 21.7 Å². The van der Waals surface area contributed by atoms with E-state index in [1.54, 1.807) is 0 Å². The van der Waals surface area contributed by atoms with Crippen LogP contribution in [0, 0.1) is 23.2 Å². The van der Waals surface area contributed by atoms with Gasteiger partial charge in [0.25, 0.3) is 0 Å². The highest BCUT2D eigenvalue weighted by atomic mass is 32.2. The van der Waals surface area contributed by atoms with Gasteiger partial charge in [-0.1, -0.05) is 0 Å². The van der Waals surface area contributed by atoms with E-state index in [4.69, 9.17) is 0 Å². The minimum Gasteiger partial charge on any atom is -0.310 e. The molecule has 0 unspecified atom stereocenters. The number of rotatable bonds is 5. The number of benzene rings is 1. The number of nitrogens with one attached hydrogen (secondary N) is 1. The van der Waals surface area contributed by atoms with Crippen LogP contribution in [0.25, 0.3) is 0 Å². The number of nitrogens with zero attached hydrogens (tertiary/aromatic N) is 3. The predicted molar refractivity (Wildman–Crippen MR) is 129 cm³/mol. The number of amides is 1. The van der Waals surface area contributed by atoms with Crippen molar-refractivity contribution in [1.29, 1.82) is 0 Å². The van der Waals surface area contributed by atoms with E-state index in [9.17, 15) is 26.4 Å². The predicted octanol–water partition coefficient (Wildman–Crippen LogP) is 4.79. The standard InChI is InChI=1S/C26H29F3N4O3S/c27-26(28,29)19-1-3-20(4-2-19)37(35,36)33-6-5-21-22(14-33)30-15-31-24(21)32-23(34)13-25-10-16-7-17(11-25)9-18(8-16)12-25/h1-4,15-18H,5-14H2,(H,30,31,32,34). The molecule has 2 heterocycles. The Bertz CT molecular complexity index is 1290. The number of carbonyl (C=O) groups excluding carboxylic acids is 1. The van der Waals surface area contributed by atoms with Crippen LogP contribution in [0.15, 0.2) is 35.5 Å². The third kappa shape index (κ3) is 4.65. The van der Waals surface area contributed by atoms with E-state index in [0.717, 1.165) is 61.3 Å². The fourth-order valence-corrected chi connectivity index (χ4v) is 9.03. The number of alkyl halides is 3. The Morgan fingerprint density at radius 1 is 1.03 bits per heavy atom. The summed E-state index contributed by atoms with van der Waals surface area (Å²) in [7, 11) is -4.02. The van der Waals surface area contributed by atoms with Crippen LogP contribution in [0.4, 0.5) is 19.0 Å². The molecule has 37 heavy (non-hydrogen) atoms. The molecule has 0 atom stereocenters. The fourth-order valence-electron chi connectivity index (χ4n) is 7.63. The molecule has 198 valence electrons. The van der Waals surface area contributed by atoms with Crippen LogP contribution in [0.5, 0.6) is 0 Å². The first-order valence-corrected chi connectivity index (χ1v) is 14.2. The van der Waals surface area contributed by atoms with Crippen molar-refractivity contribution < 1.29 is 26.4 Å². The largest absolute Gasteiger partial charge is 0.416 e. The average Bonchev–Trinajstić information content (AvgIpc) is 2.82. The maximum absolute atomic E-state index is 13.1. The van der Waals surface area contributed by atoms with Crippen molar-refractivity contribution in [2.75, 3.05) is 11.9 Å². The minimum atomic E-state index is -4.54. The number of aromatic nitrogens is 2. The first-order valence-electron chi connectivity index (χ1n) is 12.8. The molecule has 4 fully saturated rings. The summed E-state index contributed by atoms with van der Waals surface area (Å²) < 4.78 is 66.0. The van der Waals surface area contributed by atoms with E-state index >= 15 is 0 Å². The maximum atomic E-state index is 13.1. The zero-order valence-electron chi connectivity index (χ0n) is 20.3. The lowest BCUT2D eigenvalue weighted by atomic mass is 9.49. The third-order valence-corrected chi connectivity index (χ3v) is 10.6. The van der Waals surface area contributed by atoms with Crippen molar-refractivity contribution in [3.63, 3.8) is 0 Å². The second kappa shape index (κ2) is 8.76. The molecule has 5 aliphatic rings. The Kier molecular flexibility index (Phi) is 5.87. The van der Waals surface area contributed by atoms with Gasteiger partial charge in [-0.25, -0.2) is 18.4 Å². The van der Waals surface area contributed by atoms with E-state index < -0.39 is 21.8 Å². The SMILES string of the molecule is O=C(CC12CC3CC(CC(C3)C1)C2)Nc1ncnc2c1CCN(S(=O)(=O)c1ccc(C(F)(F)F)cc1)C2. The number of fused-ring (bicyclic) bond motifs is 1. The van der Waals surface area contributed by atoms with Crippen LogP contribution in [-0.4, -0.2) is 35.1 Å². The molecule has 1 aliphatic heterocycles. The van der Waals surface area contributed by atoms with Gasteiger partial charge in [-0.05, 0) is 92.4 Å². The summed E-state index contributed by atoms with van der Waals surface area (Å²) in [6, 6.07) is 3.49. The molecule has 1 amide bonds. The molecule has 4 aliphatic carbocycles. The quantitative estimate of drug-likeness (QED) is 0.596. The summed E-state index contributed by atoms with van der Waals surface area (Å²) in [5, 5.41) is 2.99. The van der Waals surface area contributed by atoms with Crippen LogP contribution >= 0.6 is 0 Å². The Morgan fingerprint density at radius 3 is 2.24 bits per heavy atom.